The first-order valence-electron chi connectivity index (χ1n) is 11.6. The third-order valence-corrected chi connectivity index (χ3v) is 6.85. The van der Waals surface area contributed by atoms with Crippen LogP contribution in [0.2, 0.25) is 10.0 Å². The number of nitrogens with one attached hydrogen (secondary N) is 1. The topological polar surface area (TPSA) is 56.8 Å². The van der Waals surface area contributed by atoms with Crippen LogP contribution in [0.1, 0.15) is 39.9 Å². The van der Waals surface area contributed by atoms with E-state index >= 15 is 0 Å². The number of esters is 1. The lowest BCUT2D eigenvalue weighted by Gasteiger charge is -2.18. The van der Waals surface area contributed by atoms with Gasteiger partial charge in [-0.25, -0.2) is 4.79 Å². The molecule has 5 rings (SSSR count). The Morgan fingerprint density at radius 3 is 2.54 bits per heavy atom. The molecule has 2 aliphatic rings. The van der Waals surface area contributed by atoms with Crippen molar-refractivity contribution in [3.05, 3.63) is 93.0 Å². The molecule has 180 valence electrons. The van der Waals surface area contributed by atoms with Crippen LogP contribution in [-0.2, 0) is 4.74 Å². The van der Waals surface area contributed by atoms with E-state index in [9.17, 15) is 4.79 Å². The van der Waals surface area contributed by atoms with Gasteiger partial charge in [0.15, 0.2) is 0 Å². The average Bonchev–Trinajstić information content (AvgIpc) is 3.30. The summed E-state index contributed by atoms with van der Waals surface area (Å²) < 4.78 is 17.1. The third kappa shape index (κ3) is 5.03. The lowest BCUT2D eigenvalue weighted by molar-refractivity contribution is 0.0600. The summed E-state index contributed by atoms with van der Waals surface area (Å²) in [5, 5.41) is 4.48. The molecule has 35 heavy (non-hydrogen) atoms. The van der Waals surface area contributed by atoms with E-state index in [4.69, 9.17) is 37.4 Å². The number of fused-ring (bicyclic) bond motifs is 1. The van der Waals surface area contributed by atoms with E-state index < -0.39 is 5.97 Å². The first-order chi connectivity index (χ1) is 17.0. The van der Waals surface area contributed by atoms with Gasteiger partial charge in [-0.3, -0.25) is 0 Å². The molecule has 0 aromatic heterocycles. The molecule has 0 aliphatic carbocycles. The molecule has 0 radical (unpaired) electrons. The number of carbonyl (C=O) groups excluding carboxylic acids is 1. The van der Waals surface area contributed by atoms with Crippen molar-refractivity contribution >= 4 is 40.3 Å². The Morgan fingerprint density at radius 2 is 1.83 bits per heavy atom. The van der Waals surface area contributed by atoms with Crippen LogP contribution in [0, 0.1) is 0 Å². The molecule has 7 heteroatoms. The SMILES string of the molecule is COC(=O)c1ccc2c(c1)OCCC(c1ccc(Cl)cc1Cl)=C2c1ccc(O[C@H]2CCNC2)cc1. The summed E-state index contributed by atoms with van der Waals surface area (Å²) in [7, 11) is 1.37. The van der Waals surface area contributed by atoms with Gasteiger partial charge in [0.2, 0.25) is 0 Å². The molecule has 2 aliphatic heterocycles. The second kappa shape index (κ2) is 10.3. The molecule has 0 unspecified atom stereocenters. The van der Waals surface area contributed by atoms with Gasteiger partial charge in [0.1, 0.15) is 17.6 Å². The summed E-state index contributed by atoms with van der Waals surface area (Å²) in [5.41, 5.74) is 5.26. The normalized spacial score (nSPS) is 17.4. The largest absolute Gasteiger partial charge is 0.493 e. The van der Waals surface area contributed by atoms with Gasteiger partial charge in [-0.1, -0.05) is 41.4 Å². The van der Waals surface area contributed by atoms with Crippen molar-refractivity contribution in [2.24, 2.45) is 0 Å². The number of ether oxygens (including phenoxy) is 3. The lowest BCUT2D eigenvalue weighted by atomic mass is 9.87. The molecule has 0 amide bonds. The average molecular weight is 510 g/mol. The van der Waals surface area contributed by atoms with Crippen molar-refractivity contribution in [1.29, 1.82) is 0 Å². The molecule has 1 N–H and O–H groups in total. The van der Waals surface area contributed by atoms with Gasteiger partial charge >= 0.3 is 5.97 Å². The van der Waals surface area contributed by atoms with Crippen LogP contribution in [0.5, 0.6) is 11.5 Å². The Kier molecular flexibility index (Phi) is 7.00. The van der Waals surface area contributed by atoms with Crippen LogP contribution >= 0.6 is 23.2 Å². The summed E-state index contributed by atoms with van der Waals surface area (Å²) in [6.07, 6.45) is 1.82. The number of hydrogen-bond donors (Lipinski definition) is 1. The van der Waals surface area contributed by atoms with Crippen LogP contribution in [0.3, 0.4) is 0 Å². The van der Waals surface area contributed by atoms with E-state index in [1.807, 2.05) is 30.3 Å². The summed E-state index contributed by atoms with van der Waals surface area (Å²) in [6.45, 7) is 2.27. The van der Waals surface area contributed by atoms with Crippen molar-refractivity contribution in [2.75, 3.05) is 26.8 Å². The van der Waals surface area contributed by atoms with Crippen molar-refractivity contribution in [2.45, 2.75) is 18.9 Å². The zero-order valence-corrected chi connectivity index (χ0v) is 20.8. The van der Waals surface area contributed by atoms with Crippen molar-refractivity contribution in [1.82, 2.24) is 5.32 Å². The summed E-state index contributed by atoms with van der Waals surface area (Å²) in [5.74, 6) is 1.05. The Morgan fingerprint density at radius 1 is 1.03 bits per heavy atom. The molecule has 3 aromatic carbocycles. The van der Waals surface area contributed by atoms with E-state index in [0.717, 1.165) is 53.1 Å². The first-order valence-corrected chi connectivity index (χ1v) is 12.3. The molecule has 3 aromatic rings. The number of benzene rings is 3. The van der Waals surface area contributed by atoms with E-state index in [1.54, 1.807) is 18.2 Å². The van der Waals surface area contributed by atoms with Crippen molar-refractivity contribution < 1.29 is 19.0 Å². The number of rotatable bonds is 5. The summed E-state index contributed by atoms with van der Waals surface area (Å²) >= 11 is 12.8. The minimum Gasteiger partial charge on any atom is -0.493 e. The summed E-state index contributed by atoms with van der Waals surface area (Å²) in [6, 6.07) is 19.0. The van der Waals surface area contributed by atoms with Gasteiger partial charge in [-0.05, 0) is 77.7 Å². The second-order valence-corrected chi connectivity index (χ2v) is 9.38. The fourth-order valence-electron chi connectivity index (χ4n) is 4.60. The molecule has 1 fully saturated rings. The van der Waals surface area contributed by atoms with Gasteiger partial charge in [0.25, 0.3) is 0 Å². The highest BCUT2D eigenvalue weighted by Gasteiger charge is 2.24. The Bertz CT molecular complexity index is 1280. The predicted molar refractivity (Wildman–Crippen MR) is 139 cm³/mol. The van der Waals surface area contributed by atoms with Gasteiger partial charge in [-0.2, -0.15) is 0 Å². The highest BCUT2D eigenvalue weighted by atomic mass is 35.5. The van der Waals surface area contributed by atoms with Crippen LogP contribution in [0.15, 0.2) is 60.7 Å². The first kappa shape index (κ1) is 23.7. The highest BCUT2D eigenvalue weighted by molar-refractivity contribution is 6.36. The standard InChI is InChI=1S/C28H25Cl2NO4/c1-33-28(32)18-4-8-24-26(14-18)34-13-11-23(22-9-5-19(29)15-25(22)30)27(24)17-2-6-20(7-3-17)35-21-10-12-31-16-21/h2-9,14-15,21,31H,10-13,16H2,1H3/t21-/m0/s1. The smallest absolute Gasteiger partial charge is 0.337 e. The highest BCUT2D eigenvalue weighted by Crippen LogP contribution is 2.43. The fraction of sp³-hybridized carbons (Fsp3) is 0.250. The number of hydrogen-bond acceptors (Lipinski definition) is 5. The monoisotopic (exact) mass is 509 g/mol. The zero-order valence-electron chi connectivity index (χ0n) is 19.3. The van der Waals surface area contributed by atoms with Crippen LogP contribution in [-0.4, -0.2) is 38.9 Å². The van der Waals surface area contributed by atoms with E-state index in [1.165, 1.54) is 7.11 Å². The van der Waals surface area contributed by atoms with E-state index in [-0.39, 0.29) is 6.10 Å². The molecule has 0 spiro atoms. The lowest BCUT2D eigenvalue weighted by Crippen LogP contribution is -2.19. The molecular formula is C28H25Cl2NO4. The maximum Gasteiger partial charge on any atom is 0.337 e. The Hall–Kier alpha value is -2.99. The Balaban J connectivity index is 1.63. The van der Waals surface area contributed by atoms with Crippen molar-refractivity contribution in [3.63, 3.8) is 0 Å². The minimum atomic E-state index is -0.407. The van der Waals surface area contributed by atoms with E-state index in [0.29, 0.717) is 34.4 Å². The Labute approximate surface area is 214 Å². The molecule has 2 heterocycles. The van der Waals surface area contributed by atoms with Crippen LogP contribution < -0.4 is 14.8 Å². The fourth-order valence-corrected chi connectivity index (χ4v) is 5.12. The van der Waals surface area contributed by atoms with Crippen LogP contribution in [0.4, 0.5) is 0 Å². The summed E-state index contributed by atoms with van der Waals surface area (Å²) in [4.78, 5) is 12.1. The van der Waals surface area contributed by atoms with E-state index in [2.05, 4.69) is 17.4 Å². The van der Waals surface area contributed by atoms with Crippen LogP contribution in [0.25, 0.3) is 11.1 Å². The zero-order chi connectivity index (χ0) is 24.4. The quantitative estimate of drug-likeness (QED) is 0.411. The third-order valence-electron chi connectivity index (χ3n) is 6.30. The number of methoxy groups -OCH3 is 1. The van der Waals surface area contributed by atoms with Gasteiger partial charge in [-0.15, -0.1) is 0 Å². The maximum atomic E-state index is 12.1. The minimum absolute atomic E-state index is 0.187. The van der Waals surface area contributed by atoms with Gasteiger partial charge in [0.05, 0.1) is 19.3 Å². The molecular weight excluding hydrogens is 485 g/mol. The van der Waals surface area contributed by atoms with Gasteiger partial charge < -0.3 is 19.5 Å². The second-order valence-electron chi connectivity index (χ2n) is 8.54. The van der Waals surface area contributed by atoms with Gasteiger partial charge in [0, 0.05) is 28.6 Å². The number of halogens is 2. The van der Waals surface area contributed by atoms with Crippen molar-refractivity contribution in [3.8, 4) is 11.5 Å². The molecule has 1 atom stereocenters. The number of carbonyl (C=O) groups is 1. The molecule has 1 saturated heterocycles. The molecule has 5 nitrogen and oxygen atoms in total. The maximum absolute atomic E-state index is 12.1. The predicted octanol–water partition coefficient (Wildman–Crippen LogP) is 6.26. The molecule has 0 saturated carbocycles. The molecule has 0 bridgehead atoms.